The van der Waals surface area contributed by atoms with E-state index < -0.39 is 0 Å². The van der Waals surface area contributed by atoms with Gasteiger partial charge in [-0.1, -0.05) is 17.4 Å². The van der Waals surface area contributed by atoms with Crippen LogP contribution in [0.2, 0.25) is 0 Å². The average Bonchev–Trinajstić information content (AvgIpc) is 3.37. The second-order valence-corrected chi connectivity index (χ2v) is 7.87. The predicted octanol–water partition coefficient (Wildman–Crippen LogP) is 2.42. The summed E-state index contributed by atoms with van der Waals surface area (Å²) in [4.78, 5) is 22.8. The highest BCUT2D eigenvalue weighted by molar-refractivity contribution is 7.17. The lowest BCUT2D eigenvalue weighted by Crippen LogP contribution is -2.49. The van der Waals surface area contributed by atoms with Crippen LogP contribution in [0.5, 0.6) is 5.88 Å². The Morgan fingerprint density at radius 3 is 2.85 bits per heavy atom. The lowest BCUT2D eigenvalue weighted by Gasteiger charge is -2.38. The molecule has 1 aliphatic heterocycles. The summed E-state index contributed by atoms with van der Waals surface area (Å²) in [7, 11) is 0. The molecule has 0 aliphatic carbocycles. The number of rotatable bonds is 4. The number of hydrogen-bond donors (Lipinski definition) is 1. The first-order valence-electron chi connectivity index (χ1n) is 8.39. The van der Waals surface area contributed by atoms with Crippen molar-refractivity contribution in [2.24, 2.45) is 0 Å². The Kier molecular flexibility index (Phi) is 4.79. The highest BCUT2D eigenvalue weighted by Gasteiger charge is 2.33. The summed E-state index contributed by atoms with van der Waals surface area (Å²) in [5, 5.41) is 16.8. The summed E-state index contributed by atoms with van der Waals surface area (Å²) >= 11 is 3.10. The van der Waals surface area contributed by atoms with Crippen molar-refractivity contribution in [1.82, 2.24) is 24.4 Å². The second-order valence-electron chi connectivity index (χ2n) is 5.88. The number of carbonyl (C=O) groups excluding carboxylic acids is 1. The number of thiophene rings is 1. The minimum atomic E-state index is -0.263. The van der Waals surface area contributed by atoms with Crippen LogP contribution in [-0.2, 0) is 4.74 Å². The maximum Gasteiger partial charge on any atom is 0.409 e. The molecule has 1 aliphatic rings. The smallest absolute Gasteiger partial charge is 0.409 e. The number of piperazine rings is 1. The summed E-state index contributed by atoms with van der Waals surface area (Å²) in [6, 6.07) is 4.01. The molecule has 8 nitrogen and oxygen atoms in total. The number of carbonyl (C=O) groups is 1. The minimum Gasteiger partial charge on any atom is -0.492 e. The molecule has 4 rings (SSSR count). The number of ether oxygens (including phenoxy) is 1. The van der Waals surface area contributed by atoms with Gasteiger partial charge in [0.2, 0.25) is 10.8 Å². The van der Waals surface area contributed by atoms with Gasteiger partial charge in [-0.3, -0.25) is 4.90 Å². The largest absolute Gasteiger partial charge is 0.492 e. The van der Waals surface area contributed by atoms with Gasteiger partial charge in [-0.05, 0) is 18.4 Å². The van der Waals surface area contributed by atoms with Crippen LogP contribution in [0.1, 0.15) is 22.7 Å². The zero-order valence-electron chi connectivity index (χ0n) is 14.2. The molecular weight excluding hydrogens is 374 g/mol. The normalized spacial score (nSPS) is 16.9. The average molecular weight is 393 g/mol. The van der Waals surface area contributed by atoms with Crippen molar-refractivity contribution in [2.45, 2.75) is 13.0 Å². The van der Waals surface area contributed by atoms with Gasteiger partial charge in [-0.25, -0.2) is 9.78 Å². The number of aromatic nitrogens is 3. The fourth-order valence-electron chi connectivity index (χ4n) is 3.17. The van der Waals surface area contributed by atoms with Gasteiger partial charge in [0.25, 0.3) is 0 Å². The summed E-state index contributed by atoms with van der Waals surface area (Å²) < 4.78 is 6.56. The zero-order valence-corrected chi connectivity index (χ0v) is 15.9. The van der Waals surface area contributed by atoms with Crippen molar-refractivity contribution in [3.8, 4) is 5.88 Å². The molecule has 1 unspecified atom stereocenters. The molecule has 0 spiro atoms. The maximum atomic E-state index is 11.9. The van der Waals surface area contributed by atoms with Crippen LogP contribution in [0.15, 0.2) is 23.8 Å². The monoisotopic (exact) mass is 393 g/mol. The van der Waals surface area contributed by atoms with Gasteiger partial charge < -0.3 is 14.7 Å². The fraction of sp³-hybridized carbons (Fsp3) is 0.438. The Hall–Kier alpha value is -2.17. The first kappa shape index (κ1) is 17.3. The van der Waals surface area contributed by atoms with Gasteiger partial charge in [0.1, 0.15) is 6.33 Å². The Labute approximate surface area is 158 Å². The Morgan fingerprint density at radius 1 is 1.38 bits per heavy atom. The summed E-state index contributed by atoms with van der Waals surface area (Å²) in [5.74, 6) is 0.133. The molecule has 1 saturated heterocycles. The molecule has 0 aromatic carbocycles. The van der Waals surface area contributed by atoms with Gasteiger partial charge in [-0.2, -0.15) is 9.61 Å². The second kappa shape index (κ2) is 7.22. The third-order valence-electron chi connectivity index (χ3n) is 4.41. The van der Waals surface area contributed by atoms with Crippen molar-refractivity contribution < 1.29 is 14.6 Å². The van der Waals surface area contributed by atoms with Crippen molar-refractivity contribution in [1.29, 1.82) is 0 Å². The number of nitrogens with zero attached hydrogens (tertiary/aromatic N) is 5. The van der Waals surface area contributed by atoms with E-state index in [4.69, 9.17) is 4.74 Å². The van der Waals surface area contributed by atoms with Gasteiger partial charge in [0.05, 0.1) is 17.5 Å². The van der Waals surface area contributed by atoms with E-state index in [0.29, 0.717) is 37.7 Å². The van der Waals surface area contributed by atoms with Gasteiger partial charge >= 0.3 is 6.09 Å². The third kappa shape index (κ3) is 3.04. The van der Waals surface area contributed by atoms with Crippen molar-refractivity contribution >= 4 is 33.7 Å². The summed E-state index contributed by atoms with van der Waals surface area (Å²) in [6.07, 6.45) is 1.18. The first-order chi connectivity index (χ1) is 12.7. The summed E-state index contributed by atoms with van der Waals surface area (Å²) in [6.45, 7) is 4.80. The highest BCUT2D eigenvalue weighted by atomic mass is 32.1. The fourth-order valence-corrected chi connectivity index (χ4v) is 5.20. The molecule has 0 bridgehead atoms. The van der Waals surface area contributed by atoms with E-state index in [1.807, 2.05) is 18.4 Å². The molecule has 138 valence electrons. The number of thiazole rings is 1. The van der Waals surface area contributed by atoms with E-state index in [0.717, 1.165) is 9.75 Å². The van der Waals surface area contributed by atoms with E-state index in [1.54, 1.807) is 16.2 Å². The minimum absolute atomic E-state index is 0.0761. The quantitative estimate of drug-likeness (QED) is 0.733. The summed E-state index contributed by atoms with van der Waals surface area (Å²) in [5.41, 5.74) is 0. The Morgan fingerprint density at radius 2 is 2.19 bits per heavy atom. The van der Waals surface area contributed by atoms with Crippen LogP contribution < -0.4 is 0 Å². The SMILES string of the molecule is CCOC(=O)N1CCN(C(c2cccs2)c2sc3ncnn3c2O)CC1. The molecular formula is C16H19N5O3S2. The van der Waals surface area contributed by atoms with E-state index in [-0.39, 0.29) is 18.0 Å². The molecule has 0 radical (unpaired) electrons. The van der Waals surface area contributed by atoms with Crippen molar-refractivity contribution in [3.05, 3.63) is 33.6 Å². The van der Waals surface area contributed by atoms with E-state index in [9.17, 15) is 9.90 Å². The van der Waals surface area contributed by atoms with Gasteiger partial charge in [-0.15, -0.1) is 11.3 Å². The zero-order chi connectivity index (χ0) is 18.1. The van der Waals surface area contributed by atoms with E-state index >= 15 is 0 Å². The molecule has 4 heterocycles. The maximum absolute atomic E-state index is 11.9. The van der Waals surface area contributed by atoms with Crippen molar-refractivity contribution in [3.63, 3.8) is 0 Å². The van der Waals surface area contributed by atoms with Crippen LogP contribution in [0.3, 0.4) is 0 Å². The molecule has 1 fully saturated rings. The molecule has 3 aromatic heterocycles. The molecule has 1 amide bonds. The lowest BCUT2D eigenvalue weighted by molar-refractivity contribution is 0.0719. The van der Waals surface area contributed by atoms with Crippen LogP contribution >= 0.6 is 22.7 Å². The number of fused-ring (bicyclic) bond motifs is 1. The standard InChI is InChI=1S/C16H19N5O3S2/c1-2-24-16(23)20-7-5-19(6-8-20)12(11-4-3-9-25-11)13-14(22)21-15(26-13)17-10-18-21/h3-4,9-10,12,22H,2,5-8H2,1H3. The lowest BCUT2D eigenvalue weighted by atomic mass is 10.1. The third-order valence-corrected chi connectivity index (χ3v) is 6.42. The van der Waals surface area contributed by atoms with Gasteiger partial charge in [0.15, 0.2) is 0 Å². The highest BCUT2D eigenvalue weighted by Crippen LogP contribution is 2.41. The molecule has 1 N–H and O–H groups in total. The Balaban J connectivity index is 1.60. The molecule has 0 saturated carbocycles. The van der Waals surface area contributed by atoms with Crippen LogP contribution in [-0.4, -0.2) is 68.4 Å². The molecule has 1 atom stereocenters. The van der Waals surface area contributed by atoms with Crippen molar-refractivity contribution in [2.75, 3.05) is 32.8 Å². The van der Waals surface area contributed by atoms with E-state index in [2.05, 4.69) is 21.0 Å². The Bertz CT molecular complexity index is 883. The molecule has 26 heavy (non-hydrogen) atoms. The molecule has 3 aromatic rings. The van der Waals surface area contributed by atoms with Crippen LogP contribution in [0.4, 0.5) is 4.79 Å². The predicted molar refractivity (Wildman–Crippen MR) is 98.9 cm³/mol. The van der Waals surface area contributed by atoms with E-state index in [1.165, 1.54) is 22.2 Å². The number of aromatic hydroxyl groups is 1. The topological polar surface area (TPSA) is 83.2 Å². The first-order valence-corrected chi connectivity index (χ1v) is 10.1. The van der Waals surface area contributed by atoms with Crippen LogP contribution in [0, 0.1) is 0 Å². The molecule has 10 heteroatoms. The number of hydrogen-bond acceptors (Lipinski definition) is 8. The van der Waals surface area contributed by atoms with Crippen LogP contribution in [0.25, 0.3) is 4.96 Å². The number of amides is 1. The van der Waals surface area contributed by atoms with Gasteiger partial charge in [0, 0.05) is 31.1 Å².